The highest BCUT2D eigenvalue weighted by Gasteiger charge is 1.96. The molecule has 0 atom stereocenters. The molecule has 3 N–H and O–H groups in total. The summed E-state index contributed by atoms with van der Waals surface area (Å²) in [5, 5.41) is 3.32. The van der Waals surface area contributed by atoms with Crippen LogP contribution in [0.3, 0.4) is 0 Å². The van der Waals surface area contributed by atoms with E-state index in [9.17, 15) is 4.39 Å². The standard InChI is InChI=1S/C15H17FN2/c16-14-5-1-3-12(9-14)7-8-18-11-13-4-2-6-15(17)10-13/h1-6,9-10,18H,7-8,11,17H2. The minimum Gasteiger partial charge on any atom is -0.399 e. The number of rotatable bonds is 5. The Bertz CT molecular complexity index is 464. The molecule has 2 aromatic rings. The first-order chi connectivity index (χ1) is 8.74. The second-order valence-electron chi connectivity index (χ2n) is 4.30. The van der Waals surface area contributed by atoms with Gasteiger partial charge in [0.05, 0.1) is 0 Å². The molecule has 3 heteroatoms. The lowest BCUT2D eigenvalue weighted by molar-refractivity contribution is 0.622. The van der Waals surface area contributed by atoms with Crippen molar-refractivity contribution in [2.45, 2.75) is 13.0 Å². The fourth-order valence-electron chi connectivity index (χ4n) is 1.86. The second kappa shape index (κ2) is 6.17. The minimum atomic E-state index is -0.177. The molecule has 2 aromatic carbocycles. The Kier molecular flexibility index (Phi) is 4.31. The lowest BCUT2D eigenvalue weighted by Crippen LogP contribution is -2.16. The van der Waals surface area contributed by atoms with Crippen molar-refractivity contribution in [1.82, 2.24) is 5.32 Å². The van der Waals surface area contributed by atoms with Gasteiger partial charge in [-0.15, -0.1) is 0 Å². The van der Waals surface area contributed by atoms with Gasteiger partial charge in [-0.1, -0.05) is 24.3 Å². The van der Waals surface area contributed by atoms with Gasteiger partial charge in [0.25, 0.3) is 0 Å². The largest absolute Gasteiger partial charge is 0.399 e. The van der Waals surface area contributed by atoms with E-state index in [1.165, 1.54) is 6.07 Å². The quantitative estimate of drug-likeness (QED) is 0.627. The predicted octanol–water partition coefficient (Wildman–Crippen LogP) is 2.74. The van der Waals surface area contributed by atoms with Gasteiger partial charge in [0, 0.05) is 12.2 Å². The van der Waals surface area contributed by atoms with Gasteiger partial charge in [0.2, 0.25) is 0 Å². The summed E-state index contributed by atoms with van der Waals surface area (Å²) >= 11 is 0. The summed E-state index contributed by atoms with van der Waals surface area (Å²) in [7, 11) is 0. The number of hydrogen-bond donors (Lipinski definition) is 2. The molecule has 2 nitrogen and oxygen atoms in total. The third-order valence-corrected chi connectivity index (χ3v) is 2.76. The van der Waals surface area contributed by atoms with Gasteiger partial charge in [-0.25, -0.2) is 4.39 Å². The van der Waals surface area contributed by atoms with Crippen molar-refractivity contribution in [1.29, 1.82) is 0 Å². The summed E-state index contributed by atoms with van der Waals surface area (Å²) in [6, 6.07) is 14.5. The zero-order valence-corrected chi connectivity index (χ0v) is 10.2. The van der Waals surface area contributed by atoms with Crippen molar-refractivity contribution in [3.05, 3.63) is 65.5 Å². The summed E-state index contributed by atoms with van der Waals surface area (Å²) in [5.41, 5.74) is 8.65. The zero-order chi connectivity index (χ0) is 12.8. The fraction of sp³-hybridized carbons (Fsp3) is 0.200. The highest BCUT2D eigenvalue weighted by Crippen LogP contribution is 2.06. The molecular formula is C15H17FN2. The van der Waals surface area contributed by atoms with Crippen molar-refractivity contribution in [3.63, 3.8) is 0 Å². The third-order valence-electron chi connectivity index (χ3n) is 2.76. The highest BCUT2D eigenvalue weighted by atomic mass is 19.1. The van der Waals surface area contributed by atoms with Gasteiger partial charge in [-0.2, -0.15) is 0 Å². The Morgan fingerprint density at radius 3 is 2.56 bits per heavy atom. The van der Waals surface area contributed by atoms with E-state index in [1.807, 2.05) is 30.3 Å². The molecule has 0 aromatic heterocycles. The topological polar surface area (TPSA) is 38.0 Å². The summed E-state index contributed by atoms with van der Waals surface area (Å²) in [5.74, 6) is -0.177. The normalized spacial score (nSPS) is 10.5. The summed E-state index contributed by atoms with van der Waals surface area (Å²) < 4.78 is 13.0. The molecule has 0 aliphatic rings. The molecule has 0 aliphatic heterocycles. The van der Waals surface area contributed by atoms with Gasteiger partial charge in [-0.05, 0) is 48.4 Å². The van der Waals surface area contributed by atoms with Crippen molar-refractivity contribution < 1.29 is 4.39 Å². The van der Waals surface area contributed by atoms with Crippen molar-refractivity contribution in [2.75, 3.05) is 12.3 Å². The van der Waals surface area contributed by atoms with Gasteiger partial charge >= 0.3 is 0 Å². The van der Waals surface area contributed by atoms with Crippen LogP contribution >= 0.6 is 0 Å². The SMILES string of the molecule is Nc1cccc(CNCCc2cccc(F)c2)c1. The first-order valence-electron chi connectivity index (χ1n) is 6.03. The molecule has 0 unspecified atom stereocenters. The van der Waals surface area contributed by atoms with Crippen LogP contribution in [0.5, 0.6) is 0 Å². The molecule has 0 heterocycles. The lowest BCUT2D eigenvalue weighted by atomic mass is 10.1. The predicted molar refractivity (Wildman–Crippen MR) is 72.7 cm³/mol. The molecule has 2 rings (SSSR count). The molecule has 94 valence electrons. The maximum absolute atomic E-state index is 13.0. The van der Waals surface area contributed by atoms with Gasteiger partial charge in [0.15, 0.2) is 0 Å². The Labute approximate surface area is 107 Å². The number of nitrogens with one attached hydrogen (secondary N) is 1. The Morgan fingerprint density at radius 1 is 1.00 bits per heavy atom. The van der Waals surface area contributed by atoms with E-state index < -0.39 is 0 Å². The summed E-state index contributed by atoms with van der Waals surface area (Å²) in [6.07, 6.45) is 0.820. The van der Waals surface area contributed by atoms with Crippen LogP contribution in [0, 0.1) is 5.82 Å². The van der Waals surface area contributed by atoms with E-state index >= 15 is 0 Å². The van der Waals surface area contributed by atoms with Crippen LogP contribution < -0.4 is 11.1 Å². The number of nitrogens with two attached hydrogens (primary N) is 1. The van der Waals surface area contributed by atoms with Gasteiger partial charge in [0.1, 0.15) is 5.82 Å². The highest BCUT2D eigenvalue weighted by molar-refractivity contribution is 5.40. The van der Waals surface area contributed by atoms with Crippen LogP contribution in [0.1, 0.15) is 11.1 Å². The monoisotopic (exact) mass is 244 g/mol. The van der Waals surface area contributed by atoms with Gasteiger partial charge in [-0.3, -0.25) is 0 Å². The number of benzene rings is 2. The molecule has 0 bridgehead atoms. The Balaban J connectivity index is 1.76. The van der Waals surface area contributed by atoms with E-state index in [2.05, 4.69) is 5.32 Å². The first kappa shape index (κ1) is 12.6. The van der Waals surface area contributed by atoms with Crippen LogP contribution in [-0.2, 0) is 13.0 Å². The van der Waals surface area contributed by atoms with Crippen molar-refractivity contribution in [2.24, 2.45) is 0 Å². The summed E-state index contributed by atoms with van der Waals surface area (Å²) in [6.45, 7) is 1.60. The van der Waals surface area contributed by atoms with Crippen LogP contribution in [0.15, 0.2) is 48.5 Å². The van der Waals surface area contributed by atoms with Crippen LogP contribution in [0.25, 0.3) is 0 Å². The maximum atomic E-state index is 13.0. The minimum absolute atomic E-state index is 0.177. The first-order valence-corrected chi connectivity index (χ1v) is 6.03. The van der Waals surface area contributed by atoms with Crippen molar-refractivity contribution in [3.8, 4) is 0 Å². The van der Waals surface area contributed by atoms with E-state index in [-0.39, 0.29) is 5.82 Å². The zero-order valence-electron chi connectivity index (χ0n) is 10.2. The number of anilines is 1. The van der Waals surface area contributed by atoms with Gasteiger partial charge < -0.3 is 11.1 Å². The Hall–Kier alpha value is -1.87. The third kappa shape index (κ3) is 3.86. The Morgan fingerprint density at radius 2 is 1.78 bits per heavy atom. The van der Waals surface area contributed by atoms with Crippen LogP contribution in [0.2, 0.25) is 0 Å². The number of hydrogen-bond acceptors (Lipinski definition) is 2. The molecule has 0 saturated heterocycles. The summed E-state index contributed by atoms with van der Waals surface area (Å²) in [4.78, 5) is 0. The maximum Gasteiger partial charge on any atom is 0.123 e. The van der Waals surface area contributed by atoms with Crippen molar-refractivity contribution >= 4 is 5.69 Å². The molecule has 0 spiro atoms. The van der Waals surface area contributed by atoms with E-state index in [1.54, 1.807) is 12.1 Å². The molecule has 0 amide bonds. The molecule has 18 heavy (non-hydrogen) atoms. The molecule has 0 aliphatic carbocycles. The van der Waals surface area contributed by atoms with E-state index in [0.717, 1.165) is 36.3 Å². The number of halogens is 1. The lowest BCUT2D eigenvalue weighted by Gasteiger charge is -2.06. The smallest absolute Gasteiger partial charge is 0.123 e. The van der Waals surface area contributed by atoms with Crippen LogP contribution in [0.4, 0.5) is 10.1 Å². The fourth-order valence-corrected chi connectivity index (χ4v) is 1.86. The average Bonchev–Trinajstić information content (AvgIpc) is 2.35. The molecule has 0 fully saturated rings. The molecular weight excluding hydrogens is 227 g/mol. The number of nitrogen functional groups attached to an aromatic ring is 1. The second-order valence-corrected chi connectivity index (χ2v) is 4.30. The molecule has 0 radical (unpaired) electrons. The van der Waals surface area contributed by atoms with Crippen LogP contribution in [-0.4, -0.2) is 6.54 Å². The van der Waals surface area contributed by atoms with E-state index in [0.29, 0.717) is 0 Å². The van der Waals surface area contributed by atoms with E-state index in [4.69, 9.17) is 5.73 Å². The molecule has 0 saturated carbocycles. The average molecular weight is 244 g/mol.